The van der Waals surface area contributed by atoms with Gasteiger partial charge in [-0.05, 0) is 12.5 Å². The average molecular weight is 383 g/mol. The van der Waals surface area contributed by atoms with Crippen LogP contribution in [0.15, 0.2) is 21.9 Å². The molecule has 0 spiro atoms. The molecule has 0 aromatic carbocycles. The molecule has 4 heterocycles. The molecule has 1 aliphatic rings. The first-order chi connectivity index (χ1) is 13.3. The molecule has 0 bridgehead atoms. The highest BCUT2D eigenvalue weighted by Crippen LogP contribution is 2.25. The molecule has 1 aliphatic heterocycles. The van der Waals surface area contributed by atoms with Crippen LogP contribution in [0.3, 0.4) is 0 Å². The van der Waals surface area contributed by atoms with Gasteiger partial charge in [-0.15, -0.1) is 0 Å². The maximum absolute atomic E-state index is 13.3. The third-order valence-electron chi connectivity index (χ3n) is 5.12. The van der Waals surface area contributed by atoms with Gasteiger partial charge >= 0.3 is 5.69 Å². The van der Waals surface area contributed by atoms with Crippen molar-refractivity contribution < 1.29 is 4.79 Å². The van der Waals surface area contributed by atoms with Crippen molar-refractivity contribution in [1.29, 1.82) is 0 Å². The number of fused-ring (bicyclic) bond motifs is 2. The second-order valence-electron chi connectivity index (χ2n) is 6.99. The fourth-order valence-corrected chi connectivity index (χ4v) is 3.74. The number of carbonyl (C=O) groups excluding carboxylic acids is 1. The number of aromatic nitrogens is 5. The van der Waals surface area contributed by atoms with Gasteiger partial charge in [0.05, 0.1) is 17.6 Å². The van der Waals surface area contributed by atoms with Crippen molar-refractivity contribution in [2.75, 3.05) is 5.73 Å². The number of nitrogens with two attached hydrogens (primary N) is 1. The van der Waals surface area contributed by atoms with Gasteiger partial charge in [-0.1, -0.05) is 6.92 Å². The van der Waals surface area contributed by atoms with Gasteiger partial charge in [0.25, 0.3) is 11.5 Å². The topological polar surface area (TPSA) is 121 Å². The number of amides is 1. The summed E-state index contributed by atoms with van der Waals surface area (Å²) in [7, 11) is 3.04. The zero-order valence-corrected chi connectivity index (χ0v) is 16.0. The van der Waals surface area contributed by atoms with Crippen molar-refractivity contribution in [3.63, 3.8) is 0 Å². The second-order valence-corrected chi connectivity index (χ2v) is 6.99. The maximum atomic E-state index is 13.3. The zero-order valence-electron chi connectivity index (χ0n) is 16.0. The molecule has 0 aliphatic carbocycles. The molecule has 0 atom stereocenters. The first kappa shape index (κ1) is 18.0. The van der Waals surface area contributed by atoms with Crippen LogP contribution in [0.4, 0.5) is 5.95 Å². The molecule has 0 radical (unpaired) electrons. The standard InChI is InChI=1S/C18H21N7O3/c1-4-5-25-13(6-11-14(25)22(2)18(28)23(3)15(11)26)16(27)24-8-10-7-20-17(19)21-12(10)9-24/h6-7H,4-5,8-9H2,1-3H3,(H2,19,20,21). The third-order valence-corrected chi connectivity index (χ3v) is 5.12. The largest absolute Gasteiger partial charge is 0.368 e. The van der Waals surface area contributed by atoms with Gasteiger partial charge in [-0.3, -0.25) is 18.7 Å². The Balaban J connectivity index is 1.85. The number of hydrogen-bond acceptors (Lipinski definition) is 6. The van der Waals surface area contributed by atoms with Crippen LogP contribution >= 0.6 is 0 Å². The lowest BCUT2D eigenvalue weighted by Crippen LogP contribution is -2.37. The van der Waals surface area contributed by atoms with Gasteiger partial charge < -0.3 is 15.2 Å². The SMILES string of the molecule is CCCn1c(C(=O)N2Cc3cnc(N)nc3C2)cc2c(=O)n(C)c(=O)n(C)c21. The summed E-state index contributed by atoms with van der Waals surface area (Å²) in [5.41, 5.74) is 7.22. The van der Waals surface area contributed by atoms with Gasteiger partial charge in [0.15, 0.2) is 0 Å². The van der Waals surface area contributed by atoms with E-state index in [1.54, 1.807) is 28.8 Å². The fourth-order valence-electron chi connectivity index (χ4n) is 3.74. The first-order valence-electron chi connectivity index (χ1n) is 9.02. The number of nitrogen functional groups attached to an aromatic ring is 1. The summed E-state index contributed by atoms with van der Waals surface area (Å²) in [5.74, 6) is -0.0534. The van der Waals surface area contributed by atoms with Crippen LogP contribution < -0.4 is 17.0 Å². The van der Waals surface area contributed by atoms with Crippen LogP contribution in [-0.4, -0.2) is 34.5 Å². The maximum Gasteiger partial charge on any atom is 0.332 e. The summed E-state index contributed by atoms with van der Waals surface area (Å²) in [6.45, 7) is 3.19. The zero-order chi connectivity index (χ0) is 20.2. The Morgan fingerprint density at radius 3 is 2.68 bits per heavy atom. The van der Waals surface area contributed by atoms with Crippen molar-refractivity contribution in [2.45, 2.75) is 33.0 Å². The van der Waals surface area contributed by atoms with Crippen molar-refractivity contribution >= 4 is 22.9 Å². The number of nitrogens with zero attached hydrogens (tertiary/aromatic N) is 6. The number of carbonyl (C=O) groups is 1. The van der Waals surface area contributed by atoms with E-state index in [0.29, 0.717) is 36.4 Å². The minimum atomic E-state index is -0.425. The van der Waals surface area contributed by atoms with E-state index in [4.69, 9.17) is 5.73 Å². The summed E-state index contributed by atoms with van der Waals surface area (Å²) in [6.07, 6.45) is 2.38. The fraction of sp³-hybridized carbons (Fsp3) is 0.389. The van der Waals surface area contributed by atoms with Gasteiger partial charge in [0, 0.05) is 38.9 Å². The molecule has 4 rings (SSSR count). The Kier molecular flexibility index (Phi) is 4.06. The summed E-state index contributed by atoms with van der Waals surface area (Å²) < 4.78 is 4.22. The van der Waals surface area contributed by atoms with Crippen molar-refractivity contribution in [3.05, 3.63) is 50.1 Å². The van der Waals surface area contributed by atoms with Crippen molar-refractivity contribution in [1.82, 2.24) is 28.6 Å². The molecule has 1 amide bonds. The van der Waals surface area contributed by atoms with Crippen LogP contribution in [0.5, 0.6) is 0 Å². The Bertz CT molecular complexity index is 1230. The normalized spacial score (nSPS) is 13.3. The molecular formula is C18H21N7O3. The minimum absolute atomic E-state index is 0.173. The lowest BCUT2D eigenvalue weighted by Gasteiger charge is -2.17. The van der Waals surface area contributed by atoms with Crippen LogP contribution in [0.1, 0.15) is 35.1 Å². The lowest BCUT2D eigenvalue weighted by molar-refractivity contribution is 0.0739. The molecule has 28 heavy (non-hydrogen) atoms. The quantitative estimate of drug-likeness (QED) is 0.678. The molecule has 0 saturated heterocycles. The molecule has 10 nitrogen and oxygen atoms in total. The smallest absolute Gasteiger partial charge is 0.332 e. The van der Waals surface area contributed by atoms with Crippen LogP contribution in [-0.2, 0) is 33.7 Å². The van der Waals surface area contributed by atoms with E-state index in [9.17, 15) is 14.4 Å². The Hall–Kier alpha value is -3.43. The van der Waals surface area contributed by atoms with Gasteiger partial charge in [0.2, 0.25) is 5.95 Å². The van der Waals surface area contributed by atoms with E-state index in [0.717, 1.165) is 22.2 Å². The van der Waals surface area contributed by atoms with Crippen LogP contribution in [0.25, 0.3) is 11.0 Å². The molecule has 146 valence electrons. The monoisotopic (exact) mass is 383 g/mol. The van der Waals surface area contributed by atoms with E-state index in [-0.39, 0.29) is 11.9 Å². The number of anilines is 1. The predicted molar refractivity (Wildman–Crippen MR) is 103 cm³/mol. The van der Waals surface area contributed by atoms with E-state index >= 15 is 0 Å². The molecular weight excluding hydrogens is 362 g/mol. The van der Waals surface area contributed by atoms with E-state index in [2.05, 4.69) is 9.97 Å². The summed E-state index contributed by atoms with van der Waals surface area (Å²) in [4.78, 5) is 48.1. The average Bonchev–Trinajstić information content (AvgIpc) is 3.26. The highest BCUT2D eigenvalue weighted by atomic mass is 16.2. The number of aryl methyl sites for hydroxylation is 2. The molecule has 2 N–H and O–H groups in total. The molecule has 3 aromatic heterocycles. The van der Waals surface area contributed by atoms with Gasteiger partial charge in [-0.2, -0.15) is 0 Å². The van der Waals surface area contributed by atoms with Crippen LogP contribution in [0, 0.1) is 0 Å². The van der Waals surface area contributed by atoms with E-state index in [1.807, 2.05) is 6.92 Å². The highest BCUT2D eigenvalue weighted by molar-refractivity contribution is 5.98. The molecule has 3 aromatic rings. The van der Waals surface area contributed by atoms with Crippen LogP contribution in [0.2, 0.25) is 0 Å². The van der Waals surface area contributed by atoms with E-state index in [1.165, 1.54) is 11.6 Å². The highest BCUT2D eigenvalue weighted by Gasteiger charge is 2.29. The Morgan fingerprint density at radius 2 is 1.96 bits per heavy atom. The van der Waals surface area contributed by atoms with Gasteiger partial charge in [0.1, 0.15) is 11.3 Å². The summed E-state index contributed by atoms with van der Waals surface area (Å²) in [5, 5.41) is 0.349. The minimum Gasteiger partial charge on any atom is -0.368 e. The lowest BCUT2D eigenvalue weighted by atomic mass is 10.3. The van der Waals surface area contributed by atoms with Crippen molar-refractivity contribution in [2.24, 2.45) is 14.1 Å². The first-order valence-corrected chi connectivity index (χ1v) is 9.02. The summed E-state index contributed by atoms with van der Waals surface area (Å²) >= 11 is 0. The second kappa shape index (κ2) is 6.32. The van der Waals surface area contributed by atoms with E-state index < -0.39 is 11.2 Å². The molecule has 0 unspecified atom stereocenters. The molecule has 0 fully saturated rings. The number of rotatable bonds is 3. The molecule has 0 saturated carbocycles. The Labute approximate surface area is 159 Å². The molecule has 10 heteroatoms. The van der Waals surface area contributed by atoms with Gasteiger partial charge in [-0.25, -0.2) is 14.8 Å². The third kappa shape index (κ3) is 2.52. The summed E-state index contributed by atoms with van der Waals surface area (Å²) in [6, 6.07) is 1.58. The Morgan fingerprint density at radius 1 is 1.21 bits per heavy atom. The number of hydrogen-bond donors (Lipinski definition) is 1. The predicted octanol–water partition coefficient (Wildman–Crippen LogP) is -0.0231. The van der Waals surface area contributed by atoms with Crippen molar-refractivity contribution in [3.8, 4) is 0 Å².